The van der Waals surface area contributed by atoms with Gasteiger partial charge in [-0.2, -0.15) is 0 Å². The van der Waals surface area contributed by atoms with Gasteiger partial charge in [-0.15, -0.1) is 10.2 Å². The molecule has 1 atom stereocenters. The maximum Gasteiger partial charge on any atom is 0.316 e. The van der Waals surface area contributed by atoms with Crippen molar-refractivity contribution in [2.75, 3.05) is 17.3 Å². The molecule has 1 aromatic carbocycles. The van der Waals surface area contributed by atoms with E-state index in [2.05, 4.69) is 10.2 Å². The van der Waals surface area contributed by atoms with Crippen molar-refractivity contribution in [3.8, 4) is 11.4 Å². The summed E-state index contributed by atoms with van der Waals surface area (Å²) in [7, 11) is -1.22. The number of rotatable bonds is 5. The van der Waals surface area contributed by atoms with E-state index in [1.165, 1.54) is 11.8 Å². The lowest BCUT2D eigenvalue weighted by molar-refractivity contribution is -0.144. The number of nitrogens with zero attached hydrogens (tertiary/aromatic N) is 3. The zero-order valence-electron chi connectivity index (χ0n) is 13.1. The van der Waals surface area contributed by atoms with Crippen molar-refractivity contribution in [1.29, 1.82) is 0 Å². The number of ether oxygens (including phenoxy) is 1. The van der Waals surface area contributed by atoms with E-state index in [9.17, 15) is 13.2 Å². The highest BCUT2D eigenvalue weighted by Gasteiger charge is 2.30. The van der Waals surface area contributed by atoms with Gasteiger partial charge in [0.25, 0.3) is 0 Å². The Kier molecular flexibility index (Phi) is 4.91. The van der Waals surface area contributed by atoms with Crippen molar-refractivity contribution >= 4 is 27.6 Å². The summed E-state index contributed by atoms with van der Waals surface area (Å²) in [6.07, 6.45) is -0.150. The quantitative estimate of drug-likeness (QED) is 0.581. The highest BCUT2D eigenvalue weighted by Crippen LogP contribution is 2.23. The molecular formula is C15H17N3O4S2. The van der Waals surface area contributed by atoms with Gasteiger partial charge in [0, 0.05) is 12.6 Å². The maximum absolute atomic E-state index is 11.9. The molecule has 0 spiro atoms. The number of carbonyl (C=O) groups is 1. The summed E-state index contributed by atoms with van der Waals surface area (Å²) in [5.74, 6) is 0.352. The second-order valence-electron chi connectivity index (χ2n) is 5.53. The Balaban J connectivity index is 1.57. The van der Waals surface area contributed by atoms with E-state index in [1.807, 2.05) is 41.9 Å². The molecule has 1 aromatic heterocycles. The molecule has 2 heterocycles. The first kappa shape index (κ1) is 17.0. The molecule has 24 heavy (non-hydrogen) atoms. The van der Waals surface area contributed by atoms with Crippen LogP contribution in [0.5, 0.6) is 0 Å². The average molecular weight is 367 g/mol. The highest BCUT2D eigenvalue weighted by molar-refractivity contribution is 7.99. The molecule has 1 aliphatic heterocycles. The first-order chi connectivity index (χ1) is 11.4. The lowest BCUT2D eigenvalue weighted by Gasteiger charge is -2.09. The molecule has 0 saturated carbocycles. The fourth-order valence-electron chi connectivity index (χ4n) is 2.48. The summed E-state index contributed by atoms with van der Waals surface area (Å²) < 4.78 is 29.7. The number of hydrogen-bond donors (Lipinski definition) is 0. The van der Waals surface area contributed by atoms with Crippen LogP contribution in [0, 0.1) is 0 Å². The van der Waals surface area contributed by atoms with Crippen LogP contribution in [-0.2, 0) is 26.4 Å². The van der Waals surface area contributed by atoms with Crippen LogP contribution in [0.25, 0.3) is 11.4 Å². The summed E-state index contributed by atoms with van der Waals surface area (Å²) in [5.41, 5.74) is 0.943. The molecule has 1 aliphatic rings. The van der Waals surface area contributed by atoms with Crippen LogP contribution < -0.4 is 0 Å². The van der Waals surface area contributed by atoms with Crippen molar-refractivity contribution in [3.63, 3.8) is 0 Å². The van der Waals surface area contributed by atoms with E-state index in [1.54, 1.807) is 0 Å². The summed E-state index contributed by atoms with van der Waals surface area (Å²) in [4.78, 5) is 11.9. The van der Waals surface area contributed by atoms with Crippen LogP contribution in [0.4, 0.5) is 0 Å². The molecule has 0 N–H and O–H groups in total. The van der Waals surface area contributed by atoms with Gasteiger partial charge in [-0.3, -0.25) is 4.79 Å². The normalized spacial score (nSPS) is 19.3. The summed E-state index contributed by atoms with van der Waals surface area (Å²) in [6.45, 7) is 0. The second kappa shape index (κ2) is 6.94. The molecular weight excluding hydrogens is 350 g/mol. The molecule has 0 unspecified atom stereocenters. The molecule has 0 bridgehead atoms. The van der Waals surface area contributed by atoms with Crippen LogP contribution >= 0.6 is 11.8 Å². The number of aromatic nitrogens is 3. The second-order valence-corrected chi connectivity index (χ2v) is 8.71. The molecule has 1 fully saturated rings. The Labute approximate surface area is 144 Å². The van der Waals surface area contributed by atoms with Crippen LogP contribution in [0.1, 0.15) is 6.42 Å². The van der Waals surface area contributed by atoms with Gasteiger partial charge < -0.3 is 9.30 Å². The van der Waals surface area contributed by atoms with E-state index in [4.69, 9.17) is 4.74 Å². The SMILES string of the molecule is Cn1c(SCC(=O)O[C@H]2CCS(=O)(=O)C2)nnc1-c1ccccc1. The number of sulfone groups is 1. The van der Waals surface area contributed by atoms with Gasteiger partial charge in [0.1, 0.15) is 6.10 Å². The largest absolute Gasteiger partial charge is 0.461 e. The molecule has 3 rings (SSSR count). The van der Waals surface area contributed by atoms with Gasteiger partial charge in [0.15, 0.2) is 20.8 Å². The topological polar surface area (TPSA) is 91.2 Å². The molecule has 9 heteroatoms. The lowest BCUT2D eigenvalue weighted by atomic mass is 10.2. The molecule has 0 radical (unpaired) electrons. The van der Waals surface area contributed by atoms with E-state index in [0.717, 1.165) is 5.56 Å². The Hall–Kier alpha value is -1.87. The van der Waals surface area contributed by atoms with E-state index in [-0.39, 0.29) is 17.3 Å². The van der Waals surface area contributed by atoms with Crippen molar-refractivity contribution in [3.05, 3.63) is 30.3 Å². The van der Waals surface area contributed by atoms with E-state index in [0.29, 0.717) is 17.4 Å². The predicted molar refractivity (Wildman–Crippen MR) is 90.3 cm³/mol. The van der Waals surface area contributed by atoms with Gasteiger partial charge in [0.2, 0.25) is 0 Å². The number of benzene rings is 1. The average Bonchev–Trinajstić information content (AvgIpc) is 3.08. The molecule has 128 valence electrons. The molecule has 0 amide bonds. The predicted octanol–water partition coefficient (Wildman–Crippen LogP) is 1.30. The highest BCUT2D eigenvalue weighted by atomic mass is 32.2. The van der Waals surface area contributed by atoms with Gasteiger partial charge in [-0.05, 0) is 6.42 Å². The van der Waals surface area contributed by atoms with E-state index >= 15 is 0 Å². The van der Waals surface area contributed by atoms with Crippen molar-refractivity contribution in [2.45, 2.75) is 17.7 Å². The maximum atomic E-state index is 11.9. The summed E-state index contributed by atoms with van der Waals surface area (Å²) in [5, 5.41) is 8.84. The Morgan fingerprint density at radius 1 is 1.33 bits per heavy atom. The fraction of sp³-hybridized carbons (Fsp3) is 0.400. The Morgan fingerprint density at radius 3 is 2.75 bits per heavy atom. The van der Waals surface area contributed by atoms with Crippen LogP contribution in [0.15, 0.2) is 35.5 Å². The Bertz CT molecular complexity index is 834. The monoisotopic (exact) mass is 367 g/mol. The van der Waals surface area contributed by atoms with E-state index < -0.39 is 21.9 Å². The molecule has 1 saturated heterocycles. The van der Waals surface area contributed by atoms with Crippen molar-refractivity contribution in [1.82, 2.24) is 14.8 Å². The third kappa shape index (κ3) is 3.96. The zero-order valence-corrected chi connectivity index (χ0v) is 14.7. The van der Waals surface area contributed by atoms with Gasteiger partial charge in [0.05, 0.1) is 17.3 Å². The molecule has 0 aliphatic carbocycles. The number of esters is 1. The molecule has 7 nitrogen and oxygen atoms in total. The third-order valence-electron chi connectivity index (χ3n) is 3.67. The first-order valence-electron chi connectivity index (χ1n) is 7.42. The number of hydrogen-bond acceptors (Lipinski definition) is 7. The zero-order chi connectivity index (χ0) is 17.2. The smallest absolute Gasteiger partial charge is 0.316 e. The van der Waals surface area contributed by atoms with Crippen molar-refractivity contribution in [2.24, 2.45) is 7.05 Å². The third-order valence-corrected chi connectivity index (χ3v) is 6.41. The minimum absolute atomic E-state index is 0.0668. The van der Waals surface area contributed by atoms with Crippen LogP contribution in [0.3, 0.4) is 0 Å². The molecule has 2 aromatic rings. The summed E-state index contributed by atoms with van der Waals surface area (Å²) in [6, 6.07) is 9.64. The number of thioether (sulfide) groups is 1. The minimum atomic E-state index is -3.05. The van der Waals surface area contributed by atoms with Crippen LogP contribution in [0.2, 0.25) is 0 Å². The lowest BCUT2D eigenvalue weighted by Crippen LogP contribution is -2.20. The number of carbonyl (C=O) groups excluding carboxylic acids is 1. The van der Waals surface area contributed by atoms with Gasteiger partial charge >= 0.3 is 5.97 Å². The summed E-state index contributed by atoms with van der Waals surface area (Å²) >= 11 is 1.22. The minimum Gasteiger partial charge on any atom is -0.461 e. The van der Waals surface area contributed by atoms with Gasteiger partial charge in [-0.1, -0.05) is 42.1 Å². The van der Waals surface area contributed by atoms with Crippen molar-refractivity contribution < 1.29 is 17.9 Å². The fourth-order valence-corrected chi connectivity index (χ4v) is 4.76. The standard InChI is InChI=1S/C15H17N3O4S2/c1-18-14(11-5-3-2-4-6-11)16-17-15(18)23-9-13(19)22-12-7-8-24(20,21)10-12/h2-6,12H,7-10H2,1H3/t12-/m0/s1. The Morgan fingerprint density at radius 2 is 2.08 bits per heavy atom. The van der Waals surface area contributed by atoms with Gasteiger partial charge in [-0.25, -0.2) is 8.42 Å². The van der Waals surface area contributed by atoms with Crippen LogP contribution in [-0.4, -0.2) is 52.5 Å². The first-order valence-corrected chi connectivity index (χ1v) is 10.2.